The highest BCUT2D eigenvalue weighted by Crippen LogP contribution is 2.60. The fourth-order valence-corrected chi connectivity index (χ4v) is 4.62. The lowest BCUT2D eigenvalue weighted by molar-refractivity contribution is -0.120. The lowest BCUT2D eigenvalue weighted by Crippen LogP contribution is -2.43. The molecule has 24 heavy (non-hydrogen) atoms. The van der Waals surface area contributed by atoms with Crippen LogP contribution in [0.5, 0.6) is 5.75 Å². The number of benzene rings is 1. The lowest BCUT2D eigenvalue weighted by Gasteiger charge is -2.30. The van der Waals surface area contributed by atoms with Gasteiger partial charge in [0.1, 0.15) is 11.5 Å². The zero-order valence-electron chi connectivity index (χ0n) is 13.5. The normalized spacial score (nSPS) is 23.2. The molecule has 2 fully saturated rings. The molecule has 1 aliphatic heterocycles. The third kappa shape index (κ3) is 3.44. The minimum Gasteiger partial charge on any atom is -0.496 e. The minimum atomic E-state index is -3.63. The molecule has 3 rings (SSSR count). The second-order valence-corrected chi connectivity index (χ2v) is 8.65. The zero-order chi connectivity index (χ0) is 17.5. The molecule has 1 aliphatic carbocycles. The summed E-state index contributed by atoms with van der Waals surface area (Å²) >= 11 is 6.01. The van der Waals surface area contributed by atoms with E-state index >= 15 is 0 Å². The van der Waals surface area contributed by atoms with Crippen LogP contribution in [0.3, 0.4) is 0 Å². The molecule has 0 radical (unpaired) electrons. The zero-order valence-corrected chi connectivity index (χ0v) is 15.1. The minimum absolute atomic E-state index is 0.0104. The maximum atomic E-state index is 12.7. The van der Waals surface area contributed by atoms with Crippen molar-refractivity contribution in [1.29, 1.82) is 0 Å². The van der Waals surface area contributed by atoms with Crippen molar-refractivity contribution in [3.63, 3.8) is 0 Å². The van der Waals surface area contributed by atoms with Gasteiger partial charge in [-0.2, -0.15) is 12.7 Å². The van der Waals surface area contributed by atoms with E-state index in [1.54, 1.807) is 25.3 Å². The number of carbonyl (C=O) groups excluding carboxylic acids is 1. The van der Waals surface area contributed by atoms with Gasteiger partial charge in [0.2, 0.25) is 0 Å². The maximum absolute atomic E-state index is 12.7. The predicted octanol–water partition coefficient (Wildman–Crippen LogP) is 1.77. The van der Waals surface area contributed by atoms with E-state index in [1.165, 1.54) is 4.31 Å². The van der Waals surface area contributed by atoms with Crippen molar-refractivity contribution in [2.24, 2.45) is 16.5 Å². The number of ketones is 1. The van der Waals surface area contributed by atoms with E-state index in [4.69, 9.17) is 21.5 Å². The van der Waals surface area contributed by atoms with Crippen LogP contribution in [0.1, 0.15) is 24.8 Å². The molecule has 0 amide bonds. The standard InChI is InChI=1S/C16H21ClN2O4S/c1-23-15-3-2-12(17)8-11(15)9-14(20)13-10-16(13)4-6-19(7-5-16)24(18,21)22/h2-3,8,13H,4-7,9-10H2,1H3,(H2,18,21,22)/t13-/m0/s1. The van der Waals surface area contributed by atoms with Gasteiger partial charge in [-0.1, -0.05) is 11.6 Å². The van der Waals surface area contributed by atoms with Gasteiger partial charge in [0.15, 0.2) is 0 Å². The molecule has 1 saturated heterocycles. The van der Waals surface area contributed by atoms with Gasteiger partial charge in [0.05, 0.1) is 7.11 Å². The Morgan fingerprint density at radius 1 is 1.42 bits per heavy atom. The average molecular weight is 373 g/mol. The Labute approximate surface area is 147 Å². The molecule has 0 unspecified atom stereocenters. The number of ether oxygens (including phenoxy) is 1. The van der Waals surface area contributed by atoms with Gasteiger partial charge < -0.3 is 4.74 Å². The van der Waals surface area contributed by atoms with Gasteiger partial charge in [-0.3, -0.25) is 4.79 Å². The number of Topliss-reactive ketones (excluding diaryl/α,β-unsaturated/α-hetero) is 1. The van der Waals surface area contributed by atoms with Crippen LogP contribution in [0.25, 0.3) is 0 Å². The van der Waals surface area contributed by atoms with Crippen molar-refractivity contribution in [1.82, 2.24) is 4.31 Å². The average Bonchev–Trinajstić information content (AvgIpc) is 3.20. The number of rotatable bonds is 5. The Balaban J connectivity index is 1.64. The number of hydrogen-bond donors (Lipinski definition) is 1. The van der Waals surface area contributed by atoms with Crippen LogP contribution in [-0.4, -0.2) is 38.7 Å². The topological polar surface area (TPSA) is 89.7 Å². The molecule has 1 saturated carbocycles. The summed E-state index contributed by atoms with van der Waals surface area (Å²) in [7, 11) is -2.06. The molecule has 0 aromatic heterocycles. The molecule has 1 aromatic carbocycles. The largest absolute Gasteiger partial charge is 0.496 e. The van der Waals surface area contributed by atoms with E-state index in [9.17, 15) is 13.2 Å². The molecule has 1 spiro atoms. The third-order valence-corrected chi connectivity index (χ3v) is 6.58. The van der Waals surface area contributed by atoms with Crippen LogP contribution in [-0.2, 0) is 21.4 Å². The molecule has 1 atom stereocenters. The van der Waals surface area contributed by atoms with Gasteiger partial charge >= 0.3 is 0 Å². The molecule has 0 bridgehead atoms. The van der Waals surface area contributed by atoms with Crippen LogP contribution < -0.4 is 9.88 Å². The second-order valence-electron chi connectivity index (χ2n) is 6.66. The predicted molar refractivity (Wildman–Crippen MR) is 91.2 cm³/mol. The first-order chi connectivity index (χ1) is 11.2. The van der Waals surface area contributed by atoms with Crippen molar-refractivity contribution in [2.75, 3.05) is 20.2 Å². The molecule has 1 aromatic rings. The number of nitrogens with zero attached hydrogens (tertiary/aromatic N) is 1. The number of nitrogens with two attached hydrogens (primary N) is 1. The Morgan fingerprint density at radius 3 is 2.67 bits per heavy atom. The fourth-order valence-electron chi connectivity index (χ4n) is 3.74. The van der Waals surface area contributed by atoms with Crippen molar-refractivity contribution in [3.05, 3.63) is 28.8 Å². The van der Waals surface area contributed by atoms with Crippen LogP contribution in [0.2, 0.25) is 5.02 Å². The van der Waals surface area contributed by atoms with Gasteiger partial charge in [0.25, 0.3) is 10.2 Å². The summed E-state index contributed by atoms with van der Waals surface area (Å²) in [6.45, 7) is 0.784. The highest BCUT2D eigenvalue weighted by atomic mass is 35.5. The van der Waals surface area contributed by atoms with Gasteiger partial charge in [-0.05, 0) is 42.9 Å². The summed E-state index contributed by atoms with van der Waals surface area (Å²) in [4.78, 5) is 12.7. The quantitative estimate of drug-likeness (QED) is 0.852. The summed E-state index contributed by atoms with van der Waals surface area (Å²) in [5, 5.41) is 5.74. The van der Waals surface area contributed by atoms with Crippen molar-refractivity contribution < 1.29 is 17.9 Å². The van der Waals surface area contributed by atoms with E-state index in [1.807, 2.05) is 0 Å². The van der Waals surface area contributed by atoms with Crippen molar-refractivity contribution >= 4 is 27.6 Å². The first kappa shape index (κ1) is 17.7. The summed E-state index contributed by atoms with van der Waals surface area (Å²) in [5.41, 5.74) is 0.739. The first-order valence-electron chi connectivity index (χ1n) is 7.88. The Kier molecular flexibility index (Phi) is 4.63. The molecular formula is C16H21ClN2O4S. The van der Waals surface area contributed by atoms with Gasteiger partial charge in [0, 0.05) is 36.0 Å². The number of halogens is 1. The van der Waals surface area contributed by atoms with Crippen LogP contribution in [0.4, 0.5) is 0 Å². The van der Waals surface area contributed by atoms with Crippen molar-refractivity contribution in [2.45, 2.75) is 25.7 Å². The molecule has 2 N–H and O–H groups in total. The third-order valence-electron chi connectivity index (χ3n) is 5.26. The number of methoxy groups -OCH3 is 1. The van der Waals surface area contributed by atoms with Crippen LogP contribution in [0, 0.1) is 11.3 Å². The number of hydrogen-bond acceptors (Lipinski definition) is 4. The van der Waals surface area contributed by atoms with E-state index in [-0.39, 0.29) is 23.5 Å². The smallest absolute Gasteiger partial charge is 0.276 e. The number of carbonyl (C=O) groups is 1. The Bertz CT molecular complexity index is 757. The fraction of sp³-hybridized carbons (Fsp3) is 0.562. The highest BCUT2D eigenvalue weighted by molar-refractivity contribution is 7.86. The first-order valence-corrected chi connectivity index (χ1v) is 9.76. The molecule has 6 nitrogen and oxygen atoms in total. The SMILES string of the molecule is COc1ccc(Cl)cc1CC(=O)[C@@H]1CC12CCN(S(N)(=O)=O)CC2. The number of piperidine rings is 1. The molecule has 132 valence electrons. The maximum Gasteiger partial charge on any atom is 0.276 e. The molecular weight excluding hydrogens is 352 g/mol. The van der Waals surface area contributed by atoms with Crippen LogP contribution in [0.15, 0.2) is 18.2 Å². The monoisotopic (exact) mass is 372 g/mol. The lowest BCUT2D eigenvalue weighted by atomic mass is 9.89. The van der Waals surface area contributed by atoms with E-state index in [0.29, 0.717) is 36.7 Å². The summed E-state index contributed by atoms with van der Waals surface area (Å²) in [6, 6.07) is 5.26. The van der Waals surface area contributed by atoms with Gasteiger partial charge in [-0.25, -0.2) is 5.14 Å². The Hall–Kier alpha value is -1.15. The Morgan fingerprint density at radius 2 is 2.08 bits per heavy atom. The molecule has 8 heteroatoms. The summed E-state index contributed by atoms with van der Waals surface area (Å²) in [5.74, 6) is 0.815. The van der Waals surface area contributed by atoms with E-state index in [2.05, 4.69) is 0 Å². The highest BCUT2D eigenvalue weighted by Gasteiger charge is 2.58. The van der Waals surface area contributed by atoms with Crippen LogP contribution >= 0.6 is 11.6 Å². The van der Waals surface area contributed by atoms with E-state index in [0.717, 1.165) is 12.0 Å². The molecule has 1 heterocycles. The molecule has 2 aliphatic rings. The summed E-state index contributed by atoms with van der Waals surface area (Å²) in [6.07, 6.45) is 2.49. The van der Waals surface area contributed by atoms with Gasteiger partial charge in [-0.15, -0.1) is 0 Å². The summed E-state index contributed by atoms with van der Waals surface area (Å²) < 4.78 is 29.4. The van der Waals surface area contributed by atoms with Crippen molar-refractivity contribution in [3.8, 4) is 5.75 Å². The second kappa shape index (κ2) is 6.29. The van der Waals surface area contributed by atoms with E-state index < -0.39 is 10.2 Å².